The number of hydrogen-bond donors (Lipinski definition) is 3. The zero-order valence-corrected chi connectivity index (χ0v) is 17.0. The predicted octanol–water partition coefficient (Wildman–Crippen LogP) is 4.56. The number of carbonyl (C=O) groups is 2. The second-order valence-corrected chi connectivity index (χ2v) is 7.79. The van der Waals surface area contributed by atoms with Crippen molar-refractivity contribution < 1.29 is 24.5 Å². The molecule has 3 aromatic rings. The van der Waals surface area contributed by atoms with E-state index in [1.54, 1.807) is 48.5 Å². The minimum atomic E-state index is -0.878. The quantitative estimate of drug-likeness (QED) is 0.557. The normalized spacial score (nSPS) is 12.4. The zero-order valence-electron chi connectivity index (χ0n) is 17.0. The SMILES string of the molecule is CC(C)(CCO)[C@@H](OC(=O)NC(=O)c1ccccc1)c1ccc(O)c2ccccc12. The number of fused-ring (bicyclic) bond motifs is 1. The van der Waals surface area contributed by atoms with Crippen LogP contribution in [-0.4, -0.2) is 28.8 Å². The Hall–Kier alpha value is -3.38. The summed E-state index contributed by atoms with van der Waals surface area (Å²) >= 11 is 0. The summed E-state index contributed by atoms with van der Waals surface area (Å²) in [6.45, 7) is 3.66. The molecule has 0 bridgehead atoms. The molecule has 3 N–H and O–H groups in total. The van der Waals surface area contributed by atoms with Gasteiger partial charge in [-0.1, -0.05) is 62.4 Å². The molecule has 3 rings (SSSR count). The van der Waals surface area contributed by atoms with Crippen molar-refractivity contribution >= 4 is 22.8 Å². The Morgan fingerprint density at radius 3 is 2.27 bits per heavy atom. The van der Waals surface area contributed by atoms with Crippen molar-refractivity contribution in [3.63, 3.8) is 0 Å². The van der Waals surface area contributed by atoms with Gasteiger partial charge in [-0.15, -0.1) is 0 Å². The van der Waals surface area contributed by atoms with E-state index in [-0.39, 0.29) is 12.4 Å². The number of benzene rings is 3. The summed E-state index contributed by atoms with van der Waals surface area (Å²) in [6.07, 6.45) is -1.27. The third kappa shape index (κ3) is 4.60. The maximum Gasteiger partial charge on any atom is 0.414 e. The highest BCUT2D eigenvalue weighted by Gasteiger charge is 2.35. The first kappa shape index (κ1) is 21.3. The summed E-state index contributed by atoms with van der Waals surface area (Å²) in [6, 6.07) is 18.9. The summed E-state index contributed by atoms with van der Waals surface area (Å²) in [7, 11) is 0. The van der Waals surface area contributed by atoms with E-state index in [4.69, 9.17) is 4.74 Å². The Balaban J connectivity index is 1.94. The summed E-state index contributed by atoms with van der Waals surface area (Å²) < 4.78 is 5.73. The molecule has 156 valence electrons. The molecule has 0 aromatic heterocycles. The molecule has 6 nitrogen and oxygen atoms in total. The first-order valence-electron chi connectivity index (χ1n) is 9.72. The van der Waals surface area contributed by atoms with Crippen molar-refractivity contribution in [3.05, 3.63) is 77.9 Å². The van der Waals surface area contributed by atoms with Gasteiger partial charge < -0.3 is 14.9 Å². The van der Waals surface area contributed by atoms with Gasteiger partial charge >= 0.3 is 6.09 Å². The predicted molar refractivity (Wildman–Crippen MR) is 114 cm³/mol. The number of aliphatic hydroxyl groups is 1. The third-order valence-corrected chi connectivity index (χ3v) is 5.16. The fourth-order valence-corrected chi connectivity index (χ4v) is 3.49. The number of imide groups is 1. The molecule has 0 unspecified atom stereocenters. The summed E-state index contributed by atoms with van der Waals surface area (Å²) in [5, 5.41) is 23.4. The Bertz CT molecular complexity index is 1050. The van der Waals surface area contributed by atoms with E-state index in [9.17, 15) is 19.8 Å². The van der Waals surface area contributed by atoms with E-state index in [1.165, 1.54) is 0 Å². The Labute approximate surface area is 175 Å². The lowest BCUT2D eigenvalue weighted by Gasteiger charge is -2.34. The van der Waals surface area contributed by atoms with E-state index >= 15 is 0 Å². The molecule has 0 aliphatic carbocycles. The molecule has 1 atom stereocenters. The highest BCUT2D eigenvalue weighted by molar-refractivity contribution is 6.03. The topological polar surface area (TPSA) is 95.9 Å². The van der Waals surface area contributed by atoms with Crippen LogP contribution in [0.25, 0.3) is 10.8 Å². The van der Waals surface area contributed by atoms with Crippen LogP contribution in [0.1, 0.15) is 42.3 Å². The van der Waals surface area contributed by atoms with Gasteiger partial charge in [0.25, 0.3) is 5.91 Å². The van der Waals surface area contributed by atoms with Crippen molar-refractivity contribution in [2.75, 3.05) is 6.61 Å². The standard InChI is InChI=1S/C24H25NO5/c1-24(2,14-15-26)21(19-12-13-20(27)18-11-7-6-10-17(18)19)30-23(29)25-22(28)16-8-4-3-5-9-16/h3-13,21,26-27H,14-15H2,1-2H3,(H,25,28,29)/t21-/m0/s1. The average Bonchev–Trinajstić information content (AvgIpc) is 2.73. The monoisotopic (exact) mass is 407 g/mol. The van der Waals surface area contributed by atoms with Crippen LogP contribution in [0.15, 0.2) is 66.7 Å². The molecule has 30 heavy (non-hydrogen) atoms. The van der Waals surface area contributed by atoms with Gasteiger partial charge in [-0.2, -0.15) is 0 Å². The summed E-state index contributed by atoms with van der Waals surface area (Å²) in [5.74, 6) is -0.438. The molecule has 3 aromatic carbocycles. The van der Waals surface area contributed by atoms with Crippen LogP contribution in [0.5, 0.6) is 5.75 Å². The van der Waals surface area contributed by atoms with Gasteiger partial charge in [0, 0.05) is 28.5 Å². The van der Waals surface area contributed by atoms with Gasteiger partial charge in [0.1, 0.15) is 11.9 Å². The molecule has 0 spiro atoms. The van der Waals surface area contributed by atoms with E-state index < -0.39 is 23.5 Å². The molecule has 0 saturated heterocycles. The lowest BCUT2D eigenvalue weighted by atomic mass is 9.78. The number of hydrogen-bond acceptors (Lipinski definition) is 5. The number of ether oxygens (including phenoxy) is 1. The van der Waals surface area contributed by atoms with Crippen molar-refractivity contribution in [2.24, 2.45) is 5.41 Å². The molecule has 0 heterocycles. The fourth-order valence-electron chi connectivity index (χ4n) is 3.49. The Morgan fingerprint density at radius 1 is 0.967 bits per heavy atom. The minimum absolute atomic E-state index is 0.0898. The van der Waals surface area contributed by atoms with Gasteiger partial charge in [-0.3, -0.25) is 10.1 Å². The number of phenolic OH excluding ortho intramolecular Hbond substituents is 1. The van der Waals surface area contributed by atoms with Crippen LogP contribution >= 0.6 is 0 Å². The number of aromatic hydroxyl groups is 1. The number of rotatable bonds is 6. The molecule has 2 amide bonds. The van der Waals surface area contributed by atoms with Crippen molar-refractivity contribution in [2.45, 2.75) is 26.4 Å². The van der Waals surface area contributed by atoms with E-state index in [1.807, 2.05) is 32.0 Å². The first-order valence-corrected chi connectivity index (χ1v) is 9.72. The molecule has 6 heteroatoms. The van der Waals surface area contributed by atoms with Crippen LogP contribution in [0.2, 0.25) is 0 Å². The lowest BCUT2D eigenvalue weighted by Crippen LogP contribution is -2.36. The number of nitrogens with one attached hydrogen (secondary N) is 1. The number of carbonyl (C=O) groups excluding carboxylic acids is 2. The summed E-state index contributed by atoms with van der Waals surface area (Å²) in [5.41, 5.74) is 0.390. The fraction of sp³-hybridized carbons (Fsp3) is 0.250. The van der Waals surface area contributed by atoms with Crippen molar-refractivity contribution in [3.8, 4) is 5.75 Å². The Kier molecular flexibility index (Phi) is 6.37. The van der Waals surface area contributed by atoms with Gasteiger partial charge in [0.15, 0.2) is 0 Å². The second kappa shape index (κ2) is 8.97. The maximum absolute atomic E-state index is 12.6. The third-order valence-electron chi connectivity index (χ3n) is 5.16. The average molecular weight is 407 g/mol. The van der Waals surface area contributed by atoms with Crippen molar-refractivity contribution in [1.82, 2.24) is 5.32 Å². The van der Waals surface area contributed by atoms with Crippen LogP contribution in [0, 0.1) is 5.41 Å². The van der Waals surface area contributed by atoms with E-state index in [2.05, 4.69) is 5.32 Å². The van der Waals surface area contributed by atoms with Crippen molar-refractivity contribution in [1.29, 1.82) is 0 Å². The van der Waals surface area contributed by atoms with Gasteiger partial charge in [0.05, 0.1) is 0 Å². The first-order chi connectivity index (χ1) is 14.3. The highest BCUT2D eigenvalue weighted by atomic mass is 16.6. The molecular weight excluding hydrogens is 382 g/mol. The number of alkyl carbamates (subject to hydrolysis) is 1. The molecule has 0 aliphatic rings. The number of phenols is 1. The molecule has 0 radical (unpaired) electrons. The van der Waals surface area contributed by atoms with Crippen LogP contribution in [0.3, 0.4) is 0 Å². The highest BCUT2D eigenvalue weighted by Crippen LogP contribution is 2.43. The molecule has 0 saturated carbocycles. The zero-order chi connectivity index (χ0) is 21.7. The minimum Gasteiger partial charge on any atom is -0.507 e. The second-order valence-electron chi connectivity index (χ2n) is 7.79. The number of aliphatic hydroxyl groups excluding tert-OH is 1. The van der Waals surface area contributed by atoms with Gasteiger partial charge in [0.2, 0.25) is 0 Å². The molecule has 0 fully saturated rings. The largest absolute Gasteiger partial charge is 0.507 e. The smallest absolute Gasteiger partial charge is 0.414 e. The molecular formula is C24H25NO5. The summed E-state index contributed by atoms with van der Waals surface area (Å²) in [4.78, 5) is 24.9. The maximum atomic E-state index is 12.6. The number of amides is 2. The van der Waals surface area contributed by atoms with Crippen LogP contribution < -0.4 is 5.32 Å². The van der Waals surface area contributed by atoms with E-state index in [0.717, 1.165) is 5.39 Å². The Morgan fingerprint density at radius 2 is 1.60 bits per heavy atom. The van der Waals surface area contributed by atoms with Gasteiger partial charge in [-0.25, -0.2) is 4.79 Å². The van der Waals surface area contributed by atoms with E-state index in [0.29, 0.717) is 22.9 Å². The molecule has 0 aliphatic heterocycles. The van der Waals surface area contributed by atoms with Gasteiger partial charge in [-0.05, 0) is 30.0 Å². The lowest BCUT2D eigenvalue weighted by molar-refractivity contribution is 0.00956. The van der Waals surface area contributed by atoms with Crippen LogP contribution in [-0.2, 0) is 4.74 Å². The van der Waals surface area contributed by atoms with Crippen LogP contribution in [0.4, 0.5) is 4.79 Å².